The van der Waals surface area contributed by atoms with Crippen LogP contribution in [0.3, 0.4) is 0 Å². The van der Waals surface area contributed by atoms with Crippen molar-refractivity contribution in [3.8, 4) is 11.5 Å². The molecule has 0 unspecified atom stereocenters. The van der Waals surface area contributed by atoms with Crippen molar-refractivity contribution >= 4 is 12.0 Å². The van der Waals surface area contributed by atoms with Crippen LogP contribution in [-0.2, 0) is 9.63 Å². The van der Waals surface area contributed by atoms with E-state index >= 15 is 0 Å². The fourth-order valence-electron chi connectivity index (χ4n) is 2.83. The van der Waals surface area contributed by atoms with E-state index in [1.165, 1.54) is 6.92 Å². The zero-order valence-corrected chi connectivity index (χ0v) is 13.9. The summed E-state index contributed by atoms with van der Waals surface area (Å²) in [4.78, 5) is 27.2. The van der Waals surface area contributed by atoms with Crippen molar-refractivity contribution in [1.82, 2.24) is 5.06 Å². The number of amides is 2. The summed E-state index contributed by atoms with van der Waals surface area (Å²) in [6.07, 6.45) is 0.903. The molecule has 0 aromatic heterocycles. The predicted molar refractivity (Wildman–Crippen MR) is 91.9 cm³/mol. The molecular weight excluding hydrogens is 320 g/mol. The van der Waals surface area contributed by atoms with Crippen LogP contribution in [0.25, 0.3) is 0 Å². The van der Waals surface area contributed by atoms with E-state index in [4.69, 9.17) is 15.3 Å². The second kappa shape index (κ2) is 7.25. The summed E-state index contributed by atoms with van der Waals surface area (Å²) in [7, 11) is 0. The normalized spacial score (nSPS) is 18.3. The minimum Gasteiger partial charge on any atom is -0.457 e. The quantitative estimate of drug-likeness (QED) is 0.845. The zero-order chi connectivity index (χ0) is 17.8. The number of carbonyl (C=O) groups excluding carboxylic acids is 2. The van der Waals surface area contributed by atoms with Crippen molar-refractivity contribution in [1.29, 1.82) is 0 Å². The average molecular weight is 340 g/mol. The van der Waals surface area contributed by atoms with E-state index in [0.717, 1.165) is 28.5 Å². The van der Waals surface area contributed by atoms with Crippen molar-refractivity contribution in [2.45, 2.75) is 19.3 Å². The van der Waals surface area contributed by atoms with Crippen molar-refractivity contribution in [2.75, 3.05) is 6.54 Å². The minimum atomic E-state index is -0.762. The molecule has 2 N–H and O–H groups in total. The maximum atomic E-state index is 11.3. The van der Waals surface area contributed by atoms with Crippen molar-refractivity contribution in [3.63, 3.8) is 0 Å². The zero-order valence-electron chi connectivity index (χ0n) is 13.9. The Labute approximate surface area is 146 Å². The Bertz CT molecular complexity index is 763. The summed E-state index contributed by atoms with van der Waals surface area (Å²) in [5.41, 5.74) is 6.38. The van der Waals surface area contributed by atoms with Gasteiger partial charge in [0.25, 0.3) is 0 Å². The molecular formula is C19H20N2O4. The van der Waals surface area contributed by atoms with Gasteiger partial charge in [0.15, 0.2) is 0 Å². The van der Waals surface area contributed by atoms with Gasteiger partial charge in [0.2, 0.25) is 0 Å². The number of nitrogens with two attached hydrogens (primary N) is 1. The first-order valence-electron chi connectivity index (χ1n) is 8.11. The van der Waals surface area contributed by atoms with Crippen molar-refractivity contribution < 1.29 is 19.2 Å². The van der Waals surface area contributed by atoms with Gasteiger partial charge in [-0.25, -0.2) is 4.79 Å². The Morgan fingerprint density at radius 1 is 1.12 bits per heavy atom. The van der Waals surface area contributed by atoms with Crippen LogP contribution in [0, 0.1) is 5.92 Å². The Morgan fingerprint density at radius 3 is 2.52 bits per heavy atom. The molecule has 2 atom stereocenters. The summed E-state index contributed by atoms with van der Waals surface area (Å²) in [6, 6.07) is 16.7. The average Bonchev–Trinajstić information content (AvgIpc) is 3.34. The van der Waals surface area contributed by atoms with Crippen LogP contribution in [0.1, 0.15) is 24.8 Å². The number of hydrogen-bond acceptors (Lipinski definition) is 4. The van der Waals surface area contributed by atoms with E-state index < -0.39 is 12.0 Å². The second-order valence-electron chi connectivity index (χ2n) is 6.07. The highest BCUT2D eigenvalue weighted by Crippen LogP contribution is 2.48. The van der Waals surface area contributed by atoms with E-state index in [2.05, 4.69) is 0 Å². The predicted octanol–water partition coefficient (Wildman–Crippen LogP) is 3.44. The molecule has 1 aliphatic rings. The van der Waals surface area contributed by atoms with Gasteiger partial charge in [-0.15, -0.1) is 0 Å². The number of primary amides is 1. The topological polar surface area (TPSA) is 81.9 Å². The summed E-state index contributed by atoms with van der Waals surface area (Å²) in [5, 5.41) is 0.928. The second-order valence-corrected chi connectivity index (χ2v) is 6.07. The lowest BCUT2D eigenvalue weighted by Crippen LogP contribution is -2.38. The molecule has 2 aromatic carbocycles. The molecule has 2 aromatic rings. The first kappa shape index (κ1) is 16.8. The SMILES string of the molecule is CC(=O)ON(C[C@@H]1C[C@H]1c1cccc(Oc2ccccc2)c1)C(N)=O. The highest BCUT2D eigenvalue weighted by Gasteiger charge is 2.41. The van der Waals surface area contributed by atoms with Gasteiger partial charge in [-0.2, -0.15) is 5.06 Å². The fourth-order valence-corrected chi connectivity index (χ4v) is 2.83. The third-order valence-electron chi connectivity index (χ3n) is 4.07. The van der Waals surface area contributed by atoms with E-state index in [-0.39, 0.29) is 11.8 Å². The lowest BCUT2D eigenvalue weighted by atomic mass is 10.1. The third kappa shape index (κ3) is 4.50. The van der Waals surface area contributed by atoms with Gasteiger partial charge in [0.05, 0.1) is 6.54 Å². The van der Waals surface area contributed by atoms with E-state index in [0.29, 0.717) is 6.54 Å². The fraction of sp³-hybridized carbons (Fsp3) is 0.263. The van der Waals surface area contributed by atoms with Gasteiger partial charge >= 0.3 is 12.0 Å². The number of para-hydroxylation sites is 1. The van der Waals surface area contributed by atoms with Crippen molar-refractivity contribution in [3.05, 3.63) is 60.2 Å². The van der Waals surface area contributed by atoms with Gasteiger partial charge in [-0.05, 0) is 48.1 Å². The number of rotatable bonds is 5. The number of hydrogen-bond donors (Lipinski definition) is 1. The van der Waals surface area contributed by atoms with Gasteiger partial charge in [-0.1, -0.05) is 30.3 Å². The van der Waals surface area contributed by atoms with Crippen LogP contribution in [-0.4, -0.2) is 23.6 Å². The molecule has 1 aliphatic carbocycles. The molecule has 0 bridgehead atoms. The van der Waals surface area contributed by atoms with Crippen molar-refractivity contribution in [2.24, 2.45) is 11.7 Å². The van der Waals surface area contributed by atoms with Crippen LogP contribution in [0.2, 0.25) is 0 Å². The van der Waals surface area contributed by atoms with Crippen LogP contribution in [0.5, 0.6) is 11.5 Å². The highest BCUT2D eigenvalue weighted by atomic mass is 16.7. The number of carbonyl (C=O) groups is 2. The molecule has 0 aliphatic heterocycles. The summed E-state index contributed by atoms with van der Waals surface area (Å²) >= 11 is 0. The number of benzene rings is 2. The molecule has 1 saturated carbocycles. The number of urea groups is 1. The largest absolute Gasteiger partial charge is 0.457 e. The molecule has 6 nitrogen and oxygen atoms in total. The molecule has 25 heavy (non-hydrogen) atoms. The molecule has 3 rings (SSSR count). The van der Waals surface area contributed by atoms with E-state index in [1.54, 1.807) is 0 Å². The number of nitrogens with zero attached hydrogens (tertiary/aromatic N) is 1. The molecule has 0 spiro atoms. The lowest BCUT2D eigenvalue weighted by molar-refractivity contribution is -0.174. The Hall–Kier alpha value is -3.02. The minimum absolute atomic E-state index is 0.207. The van der Waals surface area contributed by atoms with Crippen LogP contribution in [0.4, 0.5) is 4.79 Å². The molecule has 2 amide bonds. The first-order chi connectivity index (χ1) is 12.0. The van der Waals surface area contributed by atoms with Gasteiger partial charge in [0, 0.05) is 6.92 Å². The summed E-state index contributed by atoms with van der Waals surface area (Å²) in [5.74, 6) is 1.48. The molecule has 6 heteroatoms. The van der Waals surface area contributed by atoms with Crippen LogP contribution in [0.15, 0.2) is 54.6 Å². The number of hydroxylamine groups is 2. The summed E-state index contributed by atoms with van der Waals surface area (Å²) in [6.45, 7) is 1.54. The molecule has 0 heterocycles. The molecule has 1 fully saturated rings. The first-order valence-corrected chi connectivity index (χ1v) is 8.11. The Kier molecular flexibility index (Phi) is 4.88. The smallest absolute Gasteiger partial charge is 0.348 e. The van der Waals surface area contributed by atoms with Gasteiger partial charge in [0.1, 0.15) is 11.5 Å². The molecule has 0 saturated heterocycles. The van der Waals surface area contributed by atoms with Gasteiger partial charge in [-0.3, -0.25) is 4.79 Å². The van der Waals surface area contributed by atoms with E-state index in [9.17, 15) is 9.59 Å². The Morgan fingerprint density at radius 2 is 1.84 bits per heavy atom. The molecule has 130 valence electrons. The monoisotopic (exact) mass is 340 g/mol. The highest BCUT2D eigenvalue weighted by molar-refractivity contribution is 5.74. The standard InChI is InChI=1S/C19H20N2O4/c1-13(22)25-21(19(20)23)12-15-11-18(15)14-6-5-9-17(10-14)24-16-7-3-2-4-8-16/h2-10,15,18H,11-12H2,1H3,(H2,20,23)/t15-,18-/m0/s1. The van der Waals surface area contributed by atoms with Crippen LogP contribution < -0.4 is 10.5 Å². The molecule has 0 radical (unpaired) electrons. The lowest BCUT2D eigenvalue weighted by Gasteiger charge is -2.17. The van der Waals surface area contributed by atoms with Crippen LogP contribution >= 0.6 is 0 Å². The Balaban J connectivity index is 1.63. The maximum absolute atomic E-state index is 11.3. The number of ether oxygens (including phenoxy) is 1. The maximum Gasteiger partial charge on any atom is 0.348 e. The van der Waals surface area contributed by atoms with E-state index in [1.807, 2.05) is 54.6 Å². The van der Waals surface area contributed by atoms with Gasteiger partial charge < -0.3 is 15.3 Å². The summed E-state index contributed by atoms with van der Waals surface area (Å²) < 4.78 is 5.85. The third-order valence-corrected chi connectivity index (χ3v) is 4.07.